The largest absolute Gasteiger partial charge is 0.324 e. The number of carbonyl (C=O) groups is 1. The molecule has 0 bridgehead atoms. The molecule has 1 heterocycles. The molecule has 0 unspecified atom stereocenters. The summed E-state index contributed by atoms with van der Waals surface area (Å²) < 4.78 is 13.0. The number of benzene rings is 2. The summed E-state index contributed by atoms with van der Waals surface area (Å²) in [6.07, 6.45) is 0. The van der Waals surface area contributed by atoms with Crippen LogP contribution < -0.4 is 10.6 Å². The van der Waals surface area contributed by atoms with Gasteiger partial charge in [0.1, 0.15) is 11.5 Å². The summed E-state index contributed by atoms with van der Waals surface area (Å²) in [5, 5.41) is 5.77. The van der Waals surface area contributed by atoms with E-state index in [9.17, 15) is 9.18 Å². The van der Waals surface area contributed by atoms with Crippen molar-refractivity contribution < 1.29 is 9.18 Å². The van der Waals surface area contributed by atoms with E-state index in [0.29, 0.717) is 17.1 Å². The molecule has 1 aromatic heterocycles. The quantitative estimate of drug-likeness (QED) is 0.748. The third-order valence-corrected chi connectivity index (χ3v) is 3.50. The minimum atomic E-state index is -0.325. The van der Waals surface area contributed by atoms with Gasteiger partial charge in [-0.1, -0.05) is 17.7 Å². The number of aromatic nitrogens is 2. The molecule has 1 amide bonds. The summed E-state index contributed by atoms with van der Waals surface area (Å²) in [5.41, 5.74) is 3.34. The Hall–Kier alpha value is -3.28. The minimum absolute atomic E-state index is 0.248. The van der Waals surface area contributed by atoms with Gasteiger partial charge in [0.15, 0.2) is 0 Å². The molecule has 5 nitrogen and oxygen atoms in total. The second-order valence-corrected chi connectivity index (χ2v) is 5.67. The van der Waals surface area contributed by atoms with Crippen molar-refractivity contribution in [3.05, 3.63) is 77.4 Å². The predicted molar refractivity (Wildman–Crippen MR) is 95.6 cm³/mol. The Kier molecular flexibility index (Phi) is 4.70. The fourth-order valence-electron chi connectivity index (χ4n) is 2.24. The number of nitrogens with zero attached hydrogens (tertiary/aromatic N) is 2. The molecule has 0 aliphatic carbocycles. The molecule has 126 valence electrons. The number of anilines is 3. The molecule has 3 aromatic rings. The van der Waals surface area contributed by atoms with Gasteiger partial charge in [0.2, 0.25) is 5.95 Å². The molecule has 2 N–H and O–H groups in total. The average Bonchev–Trinajstić information content (AvgIpc) is 2.58. The molecule has 0 saturated heterocycles. The predicted octanol–water partition coefficient (Wildman–Crippen LogP) is 4.23. The van der Waals surface area contributed by atoms with Gasteiger partial charge in [-0.15, -0.1) is 0 Å². The molecule has 0 aliphatic heterocycles. The van der Waals surface area contributed by atoms with Crippen LogP contribution in [0.5, 0.6) is 0 Å². The van der Waals surface area contributed by atoms with Crippen LogP contribution in [0, 0.1) is 19.7 Å². The molecule has 3 rings (SSSR count). The maximum absolute atomic E-state index is 13.0. The van der Waals surface area contributed by atoms with Crippen LogP contribution in [0.15, 0.2) is 54.6 Å². The van der Waals surface area contributed by atoms with E-state index in [2.05, 4.69) is 20.6 Å². The zero-order valence-electron chi connectivity index (χ0n) is 13.9. The van der Waals surface area contributed by atoms with E-state index in [1.54, 1.807) is 25.1 Å². The van der Waals surface area contributed by atoms with Crippen molar-refractivity contribution in [2.24, 2.45) is 0 Å². The van der Waals surface area contributed by atoms with Gasteiger partial charge in [-0.05, 0) is 56.3 Å². The molecular weight excluding hydrogens is 319 g/mol. The average molecular weight is 336 g/mol. The Labute approximate surface area is 145 Å². The van der Waals surface area contributed by atoms with E-state index in [1.807, 2.05) is 31.2 Å². The SMILES string of the molecule is Cc1ccc(NC(=O)c2cc(C)nc(Nc3ccc(F)cc3)n2)cc1. The highest BCUT2D eigenvalue weighted by atomic mass is 19.1. The van der Waals surface area contributed by atoms with Crippen LogP contribution in [0.3, 0.4) is 0 Å². The van der Waals surface area contributed by atoms with Crippen LogP contribution in [0.4, 0.5) is 21.7 Å². The standard InChI is InChI=1S/C19H17FN4O/c1-12-3-7-15(8-4-12)22-18(25)17-11-13(2)21-19(24-17)23-16-9-5-14(20)6-10-16/h3-11H,1-2H3,(H,22,25)(H,21,23,24). The van der Waals surface area contributed by atoms with Gasteiger partial charge in [-0.3, -0.25) is 4.79 Å². The Morgan fingerprint density at radius 1 is 0.920 bits per heavy atom. The maximum atomic E-state index is 13.0. The number of nitrogens with one attached hydrogen (secondary N) is 2. The summed E-state index contributed by atoms with van der Waals surface area (Å²) in [7, 11) is 0. The smallest absolute Gasteiger partial charge is 0.274 e. The first-order chi connectivity index (χ1) is 12.0. The van der Waals surface area contributed by atoms with Gasteiger partial charge in [-0.2, -0.15) is 0 Å². The number of halogens is 1. The molecule has 6 heteroatoms. The van der Waals surface area contributed by atoms with Gasteiger partial charge in [-0.25, -0.2) is 14.4 Å². The van der Waals surface area contributed by atoms with Gasteiger partial charge in [0.05, 0.1) is 0 Å². The molecule has 0 aliphatic rings. The highest BCUT2D eigenvalue weighted by Crippen LogP contribution is 2.16. The number of hydrogen-bond acceptors (Lipinski definition) is 4. The fraction of sp³-hybridized carbons (Fsp3) is 0.105. The fourth-order valence-corrected chi connectivity index (χ4v) is 2.24. The second kappa shape index (κ2) is 7.09. The summed E-state index contributed by atoms with van der Waals surface area (Å²) in [5.74, 6) is -0.369. The number of amides is 1. The van der Waals surface area contributed by atoms with Crippen molar-refractivity contribution in [2.75, 3.05) is 10.6 Å². The van der Waals surface area contributed by atoms with Crippen molar-refractivity contribution in [3.63, 3.8) is 0 Å². The normalized spacial score (nSPS) is 10.4. The lowest BCUT2D eigenvalue weighted by atomic mass is 10.2. The van der Waals surface area contributed by atoms with Gasteiger partial charge in [0, 0.05) is 17.1 Å². The van der Waals surface area contributed by atoms with Crippen LogP contribution in [0.2, 0.25) is 0 Å². The van der Waals surface area contributed by atoms with E-state index >= 15 is 0 Å². The summed E-state index contributed by atoms with van der Waals surface area (Å²) in [6, 6.07) is 14.9. The third-order valence-electron chi connectivity index (χ3n) is 3.50. The van der Waals surface area contributed by atoms with Crippen molar-refractivity contribution in [1.29, 1.82) is 0 Å². The van der Waals surface area contributed by atoms with Crippen LogP contribution in [0.25, 0.3) is 0 Å². The Bertz CT molecular complexity index is 892. The lowest BCUT2D eigenvalue weighted by Crippen LogP contribution is -2.15. The molecule has 2 aromatic carbocycles. The molecule has 0 atom stereocenters. The zero-order valence-corrected chi connectivity index (χ0v) is 13.9. The molecule has 0 spiro atoms. The molecule has 25 heavy (non-hydrogen) atoms. The summed E-state index contributed by atoms with van der Waals surface area (Å²) >= 11 is 0. The summed E-state index contributed by atoms with van der Waals surface area (Å²) in [6.45, 7) is 3.76. The number of carbonyl (C=O) groups excluding carboxylic acids is 1. The van der Waals surface area contributed by atoms with E-state index in [4.69, 9.17) is 0 Å². The highest BCUT2D eigenvalue weighted by Gasteiger charge is 2.11. The molecule has 0 saturated carbocycles. The van der Waals surface area contributed by atoms with Crippen LogP contribution in [-0.2, 0) is 0 Å². The second-order valence-electron chi connectivity index (χ2n) is 5.67. The Morgan fingerprint density at radius 3 is 2.24 bits per heavy atom. The van der Waals surface area contributed by atoms with Crippen molar-refractivity contribution >= 4 is 23.2 Å². The van der Waals surface area contributed by atoms with E-state index in [0.717, 1.165) is 5.56 Å². The number of aryl methyl sites for hydroxylation is 2. The zero-order chi connectivity index (χ0) is 17.8. The topological polar surface area (TPSA) is 66.9 Å². The van der Waals surface area contributed by atoms with Gasteiger partial charge >= 0.3 is 0 Å². The van der Waals surface area contributed by atoms with Crippen LogP contribution in [-0.4, -0.2) is 15.9 Å². The van der Waals surface area contributed by atoms with Gasteiger partial charge in [0.25, 0.3) is 5.91 Å². The van der Waals surface area contributed by atoms with Gasteiger partial charge < -0.3 is 10.6 Å². The Balaban J connectivity index is 1.79. The van der Waals surface area contributed by atoms with Crippen molar-refractivity contribution in [1.82, 2.24) is 9.97 Å². The van der Waals surface area contributed by atoms with Crippen molar-refractivity contribution in [2.45, 2.75) is 13.8 Å². The van der Waals surface area contributed by atoms with Crippen molar-refractivity contribution in [3.8, 4) is 0 Å². The molecule has 0 fully saturated rings. The first-order valence-corrected chi connectivity index (χ1v) is 7.76. The first-order valence-electron chi connectivity index (χ1n) is 7.76. The lowest BCUT2D eigenvalue weighted by molar-refractivity contribution is 0.102. The Morgan fingerprint density at radius 2 is 1.56 bits per heavy atom. The number of hydrogen-bond donors (Lipinski definition) is 2. The highest BCUT2D eigenvalue weighted by molar-refractivity contribution is 6.03. The maximum Gasteiger partial charge on any atom is 0.274 e. The lowest BCUT2D eigenvalue weighted by Gasteiger charge is -2.09. The minimum Gasteiger partial charge on any atom is -0.324 e. The van der Waals surface area contributed by atoms with E-state index < -0.39 is 0 Å². The monoisotopic (exact) mass is 336 g/mol. The third kappa shape index (κ3) is 4.38. The summed E-state index contributed by atoms with van der Waals surface area (Å²) in [4.78, 5) is 20.9. The van der Waals surface area contributed by atoms with Crippen LogP contribution >= 0.6 is 0 Å². The molecule has 0 radical (unpaired) electrons. The van der Waals surface area contributed by atoms with E-state index in [-0.39, 0.29) is 23.4 Å². The first kappa shape index (κ1) is 16.6. The number of rotatable bonds is 4. The van der Waals surface area contributed by atoms with Crippen LogP contribution in [0.1, 0.15) is 21.7 Å². The molecular formula is C19H17FN4O. The van der Waals surface area contributed by atoms with E-state index in [1.165, 1.54) is 12.1 Å².